The third-order valence-corrected chi connectivity index (χ3v) is 10.4. The third-order valence-electron chi connectivity index (χ3n) is 5.79. The molecule has 5 aromatic carbocycles. The lowest BCUT2D eigenvalue weighted by molar-refractivity contribution is 0.385. The number of hydrogen-bond donors (Lipinski definition) is 2. The molecular formula is C30H15Br7O9S. The molecule has 0 unspecified atom stereocenters. The number of phenols is 1. The van der Waals surface area contributed by atoms with E-state index < -0.39 is 10.4 Å². The van der Waals surface area contributed by atoms with Crippen LogP contribution in [0.4, 0.5) is 0 Å². The Morgan fingerprint density at radius 3 is 1.62 bits per heavy atom. The van der Waals surface area contributed by atoms with E-state index in [1.807, 2.05) is 18.2 Å². The molecule has 0 amide bonds. The summed E-state index contributed by atoms with van der Waals surface area (Å²) in [6.07, 6.45) is 0. The van der Waals surface area contributed by atoms with Gasteiger partial charge in [-0.15, -0.1) is 0 Å². The Labute approximate surface area is 327 Å². The maximum Gasteiger partial charge on any atom is 0.446 e. The average Bonchev–Trinajstić information content (AvgIpc) is 2.97. The summed E-state index contributed by atoms with van der Waals surface area (Å²) in [6.45, 7) is 0. The van der Waals surface area contributed by atoms with Crippen LogP contribution >= 0.6 is 112 Å². The van der Waals surface area contributed by atoms with Gasteiger partial charge < -0.3 is 28.2 Å². The van der Waals surface area contributed by atoms with Gasteiger partial charge in [0.25, 0.3) is 0 Å². The maximum atomic E-state index is 11.1. The second-order valence-corrected chi connectivity index (χ2v) is 16.2. The summed E-state index contributed by atoms with van der Waals surface area (Å²) < 4.78 is 64.6. The van der Waals surface area contributed by atoms with Crippen LogP contribution in [0.2, 0.25) is 0 Å². The summed E-state index contributed by atoms with van der Waals surface area (Å²) in [6, 6.07) is 21.2. The van der Waals surface area contributed by atoms with Crippen LogP contribution in [0, 0.1) is 0 Å². The van der Waals surface area contributed by atoms with Crippen LogP contribution < -0.4 is 23.1 Å². The molecule has 47 heavy (non-hydrogen) atoms. The van der Waals surface area contributed by atoms with E-state index in [1.165, 1.54) is 24.3 Å². The van der Waals surface area contributed by atoms with Crippen LogP contribution in [0.1, 0.15) is 0 Å². The molecule has 0 spiro atoms. The Kier molecular flexibility index (Phi) is 11.9. The molecule has 0 saturated heterocycles. The van der Waals surface area contributed by atoms with Crippen molar-refractivity contribution in [1.29, 1.82) is 0 Å². The first-order valence-electron chi connectivity index (χ1n) is 12.6. The van der Waals surface area contributed by atoms with Crippen molar-refractivity contribution < 1.29 is 41.2 Å². The van der Waals surface area contributed by atoms with Crippen molar-refractivity contribution in [2.24, 2.45) is 0 Å². The molecule has 0 aliphatic rings. The third kappa shape index (κ3) is 9.45. The minimum Gasteiger partial charge on any atom is -0.504 e. The molecule has 17 heteroatoms. The van der Waals surface area contributed by atoms with Crippen molar-refractivity contribution in [3.63, 3.8) is 0 Å². The minimum absolute atomic E-state index is 0.117. The van der Waals surface area contributed by atoms with Crippen molar-refractivity contribution in [3.8, 4) is 57.5 Å². The molecule has 9 nitrogen and oxygen atoms in total. The van der Waals surface area contributed by atoms with Crippen LogP contribution in [-0.4, -0.2) is 18.1 Å². The highest BCUT2D eigenvalue weighted by atomic mass is 79.9. The fourth-order valence-electron chi connectivity index (χ4n) is 3.80. The zero-order chi connectivity index (χ0) is 34.0. The van der Waals surface area contributed by atoms with Crippen molar-refractivity contribution in [1.82, 2.24) is 0 Å². The molecule has 0 aliphatic carbocycles. The van der Waals surface area contributed by atoms with Crippen molar-refractivity contribution in [2.45, 2.75) is 0 Å². The molecule has 5 aromatic rings. The predicted octanol–water partition coefficient (Wildman–Crippen LogP) is 13.1. The lowest BCUT2D eigenvalue weighted by Gasteiger charge is -2.19. The number of hydrogen-bond acceptors (Lipinski definition) is 8. The summed E-state index contributed by atoms with van der Waals surface area (Å²) >= 11 is 24.1. The van der Waals surface area contributed by atoms with Gasteiger partial charge in [0, 0.05) is 15.0 Å². The molecule has 0 saturated carbocycles. The SMILES string of the molecule is O=S(=O)(O)Oc1ccc(Oc2cc(Br)c(Oc3ccc(O)c(Oc4ccc(Br)cc4Br)c3Br)c(Oc3ccc(Br)cc3Br)c2)cc1Br. The predicted molar refractivity (Wildman–Crippen MR) is 200 cm³/mol. The first-order chi connectivity index (χ1) is 22.2. The Morgan fingerprint density at radius 2 is 1.02 bits per heavy atom. The molecule has 0 radical (unpaired) electrons. The molecular weight excluding hydrogens is 1100 g/mol. The van der Waals surface area contributed by atoms with E-state index in [4.69, 9.17) is 23.5 Å². The standard InChI is InChI=1S/C30H15Br7O9S/c31-14-1-5-23(18(33)9-14)43-27-13-17(42-16-3-7-25(20(35)11-16)46-47(39,40)41)12-21(36)29(27)45-26-8-4-22(38)30(28(26)37)44-24-6-2-15(32)10-19(24)34/h1-13,38H,(H,39,40,41). The fraction of sp³-hybridized carbons (Fsp3) is 0. The van der Waals surface area contributed by atoms with Gasteiger partial charge in [0.2, 0.25) is 0 Å². The Balaban J connectivity index is 1.52. The van der Waals surface area contributed by atoms with Crippen LogP contribution in [0.15, 0.2) is 110 Å². The molecule has 244 valence electrons. The summed E-state index contributed by atoms with van der Waals surface area (Å²) in [4.78, 5) is 0. The molecule has 0 atom stereocenters. The highest BCUT2D eigenvalue weighted by Gasteiger charge is 2.22. The highest BCUT2D eigenvalue weighted by molar-refractivity contribution is 9.11. The molecule has 2 N–H and O–H groups in total. The van der Waals surface area contributed by atoms with Gasteiger partial charge in [0.15, 0.2) is 28.7 Å². The summed E-state index contributed by atoms with van der Waals surface area (Å²) in [5.74, 6) is 2.18. The summed E-state index contributed by atoms with van der Waals surface area (Å²) in [5, 5.41) is 10.7. The fourth-order valence-corrected chi connectivity index (χ4v) is 7.97. The first-order valence-corrected chi connectivity index (χ1v) is 19.5. The van der Waals surface area contributed by atoms with Gasteiger partial charge in [-0.05, 0) is 152 Å². The van der Waals surface area contributed by atoms with E-state index in [0.29, 0.717) is 46.6 Å². The second-order valence-electron chi connectivity index (χ2n) is 9.12. The van der Waals surface area contributed by atoms with Crippen LogP contribution in [-0.2, 0) is 10.4 Å². The van der Waals surface area contributed by atoms with Crippen molar-refractivity contribution in [3.05, 3.63) is 110 Å². The van der Waals surface area contributed by atoms with Crippen LogP contribution in [0.3, 0.4) is 0 Å². The van der Waals surface area contributed by atoms with Gasteiger partial charge in [-0.1, -0.05) is 31.9 Å². The zero-order valence-electron chi connectivity index (χ0n) is 22.8. The monoisotopic (exact) mass is 1100 g/mol. The van der Waals surface area contributed by atoms with Gasteiger partial charge >= 0.3 is 10.4 Å². The molecule has 0 heterocycles. The topological polar surface area (TPSA) is 121 Å². The smallest absolute Gasteiger partial charge is 0.446 e. The van der Waals surface area contributed by atoms with Crippen LogP contribution in [0.5, 0.6) is 57.5 Å². The van der Waals surface area contributed by atoms with Gasteiger partial charge in [-0.3, -0.25) is 4.55 Å². The molecule has 0 aliphatic heterocycles. The molecule has 0 bridgehead atoms. The van der Waals surface area contributed by atoms with E-state index >= 15 is 0 Å². The number of halogens is 7. The lowest BCUT2D eigenvalue weighted by atomic mass is 10.2. The molecule has 0 fully saturated rings. The Morgan fingerprint density at radius 1 is 0.489 bits per heavy atom. The maximum absolute atomic E-state index is 11.1. The Hall–Kier alpha value is -1.83. The van der Waals surface area contributed by atoms with E-state index in [0.717, 1.165) is 8.95 Å². The summed E-state index contributed by atoms with van der Waals surface area (Å²) in [7, 11) is -4.72. The van der Waals surface area contributed by atoms with Gasteiger partial charge in [-0.25, -0.2) is 0 Å². The molecule has 0 aromatic heterocycles. The van der Waals surface area contributed by atoms with E-state index in [9.17, 15) is 13.5 Å². The van der Waals surface area contributed by atoms with E-state index in [1.54, 1.807) is 36.4 Å². The minimum atomic E-state index is -4.72. The van der Waals surface area contributed by atoms with Crippen molar-refractivity contribution >= 4 is 122 Å². The van der Waals surface area contributed by atoms with E-state index in [-0.39, 0.29) is 33.2 Å². The highest BCUT2D eigenvalue weighted by Crippen LogP contribution is 2.50. The van der Waals surface area contributed by atoms with Gasteiger partial charge in [0.05, 0.1) is 17.9 Å². The van der Waals surface area contributed by atoms with Gasteiger partial charge in [0.1, 0.15) is 33.2 Å². The first kappa shape index (κ1) is 36.5. The number of phenolic OH excluding ortho intramolecular Hbond substituents is 1. The lowest BCUT2D eigenvalue weighted by Crippen LogP contribution is -2.06. The number of ether oxygens (including phenoxy) is 4. The van der Waals surface area contributed by atoms with Crippen molar-refractivity contribution in [2.75, 3.05) is 0 Å². The summed E-state index contributed by atoms with van der Waals surface area (Å²) in [5.41, 5.74) is 0. The second kappa shape index (κ2) is 15.4. The average molecular weight is 1110 g/mol. The largest absolute Gasteiger partial charge is 0.504 e. The quantitative estimate of drug-likeness (QED) is 0.132. The van der Waals surface area contributed by atoms with Crippen LogP contribution in [0.25, 0.3) is 0 Å². The number of benzene rings is 5. The number of rotatable bonds is 10. The van der Waals surface area contributed by atoms with E-state index in [2.05, 4.69) is 116 Å². The normalized spacial score (nSPS) is 11.2. The number of aromatic hydroxyl groups is 1. The Bertz CT molecular complexity index is 2110. The molecule has 5 rings (SSSR count). The van der Waals surface area contributed by atoms with Gasteiger partial charge in [-0.2, -0.15) is 8.42 Å². The zero-order valence-corrected chi connectivity index (χ0v) is 34.7.